The fraction of sp³-hybridized carbons (Fsp3) is 0.875. The van der Waals surface area contributed by atoms with Crippen molar-refractivity contribution in [2.75, 3.05) is 0 Å². The van der Waals surface area contributed by atoms with Crippen molar-refractivity contribution in [3.05, 3.63) is 0 Å². The molecular weight excluding hydrogens is 224 g/mol. The largest absolute Gasteiger partial charge is 0.300 e. The standard InChI is InChI=1S/C16H30O2/c1-5-10-16(18)15(6-2)12-9-7-8-11-13(3)14(4)17/h13,15H,5-12H2,1-4H3. The van der Waals surface area contributed by atoms with Crippen molar-refractivity contribution < 1.29 is 9.59 Å². The first-order valence-corrected chi connectivity index (χ1v) is 7.56. The van der Waals surface area contributed by atoms with Crippen LogP contribution in [-0.2, 0) is 9.59 Å². The normalized spacial score (nSPS) is 14.2. The number of carbonyl (C=O) groups excluding carboxylic acids is 2. The molecule has 0 N–H and O–H groups in total. The van der Waals surface area contributed by atoms with Crippen LogP contribution >= 0.6 is 0 Å². The van der Waals surface area contributed by atoms with Crippen LogP contribution in [0, 0.1) is 11.8 Å². The van der Waals surface area contributed by atoms with Crippen LogP contribution < -0.4 is 0 Å². The Hall–Kier alpha value is -0.660. The van der Waals surface area contributed by atoms with E-state index in [0.717, 1.165) is 51.4 Å². The van der Waals surface area contributed by atoms with Gasteiger partial charge in [-0.1, -0.05) is 40.0 Å². The number of hydrogen-bond donors (Lipinski definition) is 0. The fourth-order valence-corrected chi connectivity index (χ4v) is 2.26. The number of unbranched alkanes of at least 4 members (excludes halogenated alkanes) is 2. The maximum absolute atomic E-state index is 11.8. The molecule has 0 aromatic rings. The molecule has 0 aromatic heterocycles. The molecule has 106 valence electrons. The Bertz CT molecular complexity index is 245. The minimum absolute atomic E-state index is 0.202. The molecule has 0 amide bonds. The third-order valence-corrected chi connectivity index (χ3v) is 3.83. The van der Waals surface area contributed by atoms with Crippen molar-refractivity contribution in [2.45, 2.75) is 79.1 Å². The Kier molecular flexibility index (Phi) is 9.90. The molecule has 0 fully saturated rings. The highest BCUT2D eigenvalue weighted by molar-refractivity contribution is 5.80. The lowest BCUT2D eigenvalue weighted by atomic mass is 9.91. The Balaban J connectivity index is 3.68. The minimum Gasteiger partial charge on any atom is -0.300 e. The van der Waals surface area contributed by atoms with Crippen molar-refractivity contribution in [2.24, 2.45) is 11.8 Å². The molecule has 2 nitrogen and oxygen atoms in total. The first-order valence-electron chi connectivity index (χ1n) is 7.56. The molecule has 0 saturated heterocycles. The molecule has 0 aliphatic rings. The summed E-state index contributed by atoms with van der Waals surface area (Å²) < 4.78 is 0. The Morgan fingerprint density at radius 3 is 2.11 bits per heavy atom. The summed E-state index contributed by atoms with van der Waals surface area (Å²) in [7, 11) is 0. The maximum Gasteiger partial charge on any atom is 0.135 e. The van der Waals surface area contributed by atoms with E-state index >= 15 is 0 Å². The van der Waals surface area contributed by atoms with Gasteiger partial charge in [0.05, 0.1) is 0 Å². The van der Waals surface area contributed by atoms with Gasteiger partial charge in [-0.15, -0.1) is 0 Å². The first kappa shape index (κ1) is 17.3. The molecule has 0 radical (unpaired) electrons. The van der Waals surface area contributed by atoms with E-state index in [9.17, 15) is 9.59 Å². The molecule has 0 spiro atoms. The molecule has 2 unspecified atom stereocenters. The van der Waals surface area contributed by atoms with Crippen LogP contribution in [0.4, 0.5) is 0 Å². The summed E-state index contributed by atoms with van der Waals surface area (Å²) in [5, 5.41) is 0. The second-order valence-electron chi connectivity index (χ2n) is 5.47. The molecule has 18 heavy (non-hydrogen) atoms. The Morgan fingerprint density at radius 1 is 1.00 bits per heavy atom. The van der Waals surface area contributed by atoms with E-state index in [4.69, 9.17) is 0 Å². The van der Waals surface area contributed by atoms with Gasteiger partial charge in [0.15, 0.2) is 0 Å². The average molecular weight is 254 g/mol. The highest BCUT2D eigenvalue weighted by atomic mass is 16.1. The lowest BCUT2D eigenvalue weighted by molar-refractivity contribution is -0.123. The summed E-state index contributed by atoms with van der Waals surface area (Å²) in [6.07, 6.45) is 8.08. The quantitative estimate of drug-likeness (QED) is 0.507. The molecule has 0 heterocycles. The highest BCUT2D eigenvalue weighted by Crippen LogP contribution is 2.18. The van der Waals surface area contributed by atoms with Crippen molar-refractivity contribution in [1.82, 2.24) is 0 Å². The number of Topliss-reactive ketones (excluding diaryl/α,β-unsaturated/α-hetero) is 2. The third kappa shape index (κ3) is 7.62. The zero-order valence-electron chi connectivity index (χ0n) is 12.6. The summed E-state index contributed by atoms with van der Waals surface area (Å²) in [4.78, 5) is 22.9. The number of hydrogen-bond acceptors (Lipinski definition) is 2. The van der Waals surface area contributed by atoms with Crippen molar-refractivity contribution in [3.8, 4) is 0 Å². The minimum atomic E-state index is 0.202. The second-order valence-corrected chi connectivity index (χ2v) is 5.47. The molecule has 2 atom stereocenters. The summed E-state index contributed by atoms with van der Waals surface area (Å²) in [6.45, 7) is 7.84. The number of carbonyl (C=O) groups is 2. The van der Waals surface area contributed by atoms with Gasteiger partial charge in [0, 0.05) is 18.3 Å². The number of ketones is 2. The van der Waals surface area contributed by atoms with E-state index in [0.29, 0.717) is 11.6 Å². The monoisotopic (exact) mass is 254 g/mol. The zero-order valence-corrected chi connectivity index (χ0v) is 12.6. The molecule has 2 heteroatoms. The van der Waals surface area contributed by atoms with E-state index < -0.39 is 0 Å². The van der Waals surface area contributed by atoms with E-state index in [1.807, 2.05) is 6.92 Å². The van der Waals surface area contributed by atoms with Crippen LogP contribution in [0.15, 0.2) is 0 Å². The average Bonchev–Trinajstić information content (AvgIpc) is 2.33. The molecule has 0 saturated carbocycles. The van der Waals surface area contributed by atoms with Gasteiger partial charge >= 0.3 is 0 Å². The Morgan fingerprint density at radius 2 is 1.61 bits per heavy atom. The Labute approximate surface area is 113 Å². The highest BCUT2D eigenvalue weighted by Gasteiger charge is 2.14. The molecule has 0 aliphatic carbocycles. The summed E-state index contributed by atoms with van der Waals surface area (Å²) >= 11 is 0. The predicted molar refractivity (Wildman–Crippen MR) is 76.6 cm³/mol. The van der Waals surface area contributed by atoms with Gasteiger partial charge in [-0.25, -0.2) is 0 Å². The van der Waals surface area contributed by atoms with Gasteiger partial charge < -0.3 is 0 Å². The first-order chi connectivity index (χ1) is 8.52. The lowest BCUT2D eigenvalue weighted by Crippen LogP contribution is -2.13. The summed E-state index contributed by atoms with van der Waals surface area (Å²) in [5.41, 5.74) is 0. The van der Waals surface area contributed by atoms with Gasteiger partial charge in [-0.05, 0) is 32.6 Å². The van der Waals surface area contributed by atoms with Crippen molar-refractivity contribution in [1.29, 1.82) is 0 Å². The van der Waals surface area contributed by atoms with Gasteiger partial charge in [0.2, 0.25) is 0 Å². The van der Waals surface area contributed by atoms with Crippen LogP contribution in [0.1, 0.15) is 79.1 Å². The molecule has 0 aromatic carbocycles. The fourth-order valence-electron chi connectivity index (χ4n) is 2.26. The molecule has 0 rings (SSSR count). The van der Waals surface area contributed by atoms with E-state index in [-0.39, 0.29) is 11.8 Å². The summed E-state index contributed by atoms with van der Waals surface area (Å²) in [6, 6.07) is 0. The zero-order chi connectivity index (χ0) is 14.0. The SMILES string of the molecule is CCCC(=O)C(CC)CCCCCC(C)C(C)=O. The van der Waals surface area contributed by atoms with E-state index in [1.54, 1.807) is 6.92 Å². The van der Waals surface area contributed by atoms with Gasteiger partial charge in [0.1, 0.15) is 11.6 Å². The van der Waals surface area contributed by atoms with Crippen LogP contribution in [0.2, 0.25) is 0 Å². The van der Waals surface area contributed by atoms with E-state index in [2.05, 4.69) is 13.8 Å². The van der Waals surface area contributed by atoms with Crippen molar-refractivity contribution >= 4 is 11.6 Å². The smallest absolute Gasteiger partial charge is 0.135 e. The van der Waals surface area contributed by atoms with Crippen LogP contribution in [-0.4, -0.2) is 11.6 Å². The topological polar surface area (TPSA) is 34.1 Å². The molecule has 0 aliphatic heterocycles. The maximum atomic E-state index is 11.8. The molecule has 0 bridgehead atoms. The van der Waals surface area contributed by atoms with Crippen molar-refractivity contribution in [3.63, 3.8) is 0 Å². The van der Waals surface area contributed by atoms with Gasteiger partial charge in [-0.2, -0.15) is 0 Å². The third-order valence-electron chi connectivity index (χ3n) is 3.83. The summed E-state index contributed by atoms with van der Waals surface area (Å²) in [5.74, 6) is 1.21. The molecular formula is C16H30O2. The number of rotatable bonds is 11. The van der Waals surface area contributed by atoms with E-state index in [1.165, 1.54) is 0 Å². The lowest BCUT2D eigenvalue weighted by Gasteiger charge is -2.13. The van der Waals surface area contributed by atoms with Gasteiger partial charge in [0.25, 0.3) is 0 Å². The van der Waals surface area contributed by atoms with Crippen LogP contribution in [0.25, 0.3) is 0 Å². The van der Waals surface area contributed by atoms with Gasteiger partial charge in [-0.3, -0.25) is 9.59 Å². The van der Waals surface area contributed by atoms with Crippen LogP contribution in [0.3, 0.4) is 0 Å². The second kappa shape index (κ2) is 10.3. The van der Waals surface area contributed by atoms with Crippen LogP contribution in [0.5, 0.6) is 0 Å². The predicted octanol–water partition coefficient (Wildman–Crippen LogP) is 4.56.